The van der Waals surface area contributed by atoms with Crippen molar-refractivity contribution in [2.24, 2.45) is 5.73 Å². The minimum atomic E-state index is -0.598. The first-order valence-corrected chi connectivity index (χ1v) is 7.62. The third-order valence-corrected chi connectivity index (χ3v) is 3.99. The Balaban J connectivity index is 2.01. The van der Waals surface area contributed by atoms with Gasteiger partial charge in [0.05, 0.1) is 16.7 Å². The number of nitrogens with one attached hydrogen (secondary N) is 1. The van der Waals surface area contributed by atoms with Gasteiger partial charge < -0.3 is 10.7 Å². The molecule has 0 unspecified atom stereocenters. The molecule has 0 aliphatic heterocycles. The fourth-order valence-corrected chi connectivity index (χ4v) is 2.86. The second-order valence-electron chi connectivity index (χ2n) is 5.58. The van der Waals surface area contributed by atoms with E-state index in [4.69, 9.17) is 5.73 Å². The Morgan fingerprint density at radius 1 is 1.00 bits per heavy atom. The average Bonchev–Trinajstić information content (AvgIpc) is 3.02. The molecular weight excluding hydrogens is 319 g/mol. The average molecular weight is 332 g/mol. The van der Waals surface area contributed by atoms with Gasteiger partial charge in [0.25, 0.3) is 5.91 Å². The number of hydrogen-bond acceptors (Lipinski definition) is 3. The summed E-state index contributed by atoms with van der Waals surface area (Å²) >= 11 is 0. The van der Waals surface area contributed by atoms with E-state index < -0.39 is 5.91 Å². The van der Waals surface area contributed by atoms with Crippen LogP contribution in [0.5, 0.6) is 0 Å². The molecule has 0 aliphatic carbocycles. The normalized spacial score (nSPS) is 10.9. The van der Waals surface area contributed by atoms with Crippen LogP contribution in [0.25, 0.3) is 33.4 Å². The summed E-state index contributed by atoms with van der Waals surface area (Å²) in [7, 11) is 0. The topological polar surface area (TPSA) is 84.7 Å². The molecule has 122 valence electrons. The molecule has 0 radical (unpaired) electrons. The molecule has 0 atom stereocenters. The number of H-pyrrole nitrogens is 1. The number of nitrogens with two attached hydrogens (primary N) is 1. The Kier molecular flexibility index (Phi) is 3.50. The fourth-order valence-electron chi connectivity index (χ4n) is 2.86. The Morgan fingerprint density at radius 3 is 2.56 bits per heavy atom. The molecule has 4 aromatic rings. The number of aromatic nitrogens is 3. The largest absolute Gasteiger partial charge is 0.364 e. The van der Waals surface area contributed by atoms with Crippen LogP contribution >= 0.6 is 0 Å². The van der Waals surface area contributed by atoms with Crippen molar-refractivity contribution in [1.29, 1.82) is 0 Å². The third-order valence-electron chi connectivity index (χ3n) is 3.99. The van der Waals surface area contributed by atoms with Crippen molar-refractivity contribution >= 4 is 16.9 Å². The molecular formula is C19H13FN4O. The van der Waals surface area contributed by atoms with Crippen molar-refractivity contribution in [2.75, 3.05) is 0 Å². The van der Waals surface area contributed by atoms with Gasteiger partial charge in [-0.05, 0) is 42.0 Å². The minimum absolute atomic E-state index is 0.175. The van der Waals surface area contributed by atoms with E-state index in [1.807, 2.05) is 12.1 Å². The van der Waals surface area contributed by atoms with Crippen molar-refractivity contribution in [3.8, 4) is 22.4 Å². The molecule has 0 bridgehead atoms. The lowest BCUT2D eigenvalue weighted by Gasteiger charge is -2.06. The number of halogens is 1. The first-order chi connectivity index (χ1) is 12.1. The predicted octanol–water partition coefficient (Wildman–Crippen LogP) is 3.53. The van der Waals surface area contributed by atoms with Crippen molar-refractivity contribution in [2.45, 2.75) is 0 Å². The molecule has 0 fully saturated rings. The summed E-state index contributed by atoms with van der Waals surface area (Å²) in [5.74, 6) is -0.905. The van der Waals surface area contributed by atoms with Crippen LogP contribution in [0, 0.1) is 5.82 Å². The Bertz CT molecular complexity index is 1090. The highest BCUT2D eigenvalue weighted by atomic mass is 19.1. The maximum atomic E-state index is 13.3. The van der Waals surface area contributed by atoms with Gasteiger partial charge in [0.2, 0.25) is 0 Å². The smallest absolute Gasteiger partial charge is 0.267 e. The zero-order valence-electron chi connectivity index (χ0n) is 13.0. The van der Waals surface area contributed by atoms with E-state index in [1.165, 1.54) is 18.3 Å². The molecule has 25 heavy (non-hydrogen) atoms. The molecule has 1 amide bonds. The van der Waals surface area contributed by atoms with Gasteiger partial charge in [-0.3, -0.25) is 14.8 Å². The van der Waals surface area contributed by atoms with E-state index in [-0.39, 0.29) is 11.5 Å². The van der Waals surface area contributed by atoms with Crippen LogP contribution in [0.2, 0.25) is 0 Å². The lowest BCUT2D eigenvalue weighted by molar-refractivity contribution is 0.0995. The summed E-state index contributed by atoms with van der Waals surface area (Å²) in [6.07, 6.45) is 3.23. The van der Waals surface area contributed by atoms with E-state index in [2.05, 4.69) is 15.0 Å². The number of carbonyl (C=O) groups is 1. The number of nitrogens with zero attached hydrogens (tertiary/aromatic N) is 2. The molecule has 3 N–H and O–H groups in total. The van der Waals surface area contributed by atoms with Crippen molar-refractivity contribution < 1.29 is 9.18 Å². The highest BCUT2D eigenvalue weighted by molar-refractivity contribution is 6.02. The first kappa shape index (κ1) is 15.0. The molecule has 4 rings (SSSR count). The lowest BCUT2D eigenvalue weighted by Crippen LogP contribution is -2.12. The number of carbonyl (C=O) groups excluding carboxylic acids is 1. The number of primary amides is 1. The molecule has 1 aromatic carbocycles. The first-order valence-electron chi connectivity index (χ1n) is 7.62. The second kappa shape index (κ2) is 5.83. The number of fused-ring (bicyclic) bond motifs is 1. The van der Waals surface area contributed by atoms with Crippen molar-refractivity contribution in [1.82, 2.24) is 15.0 Å². The Labute approximate surface area is 142 Å². The van der Waals surface area contributed by atoms with Gasteiger partial charge in [0, 0.05) is 23.5 Å². The van der Waals surface area contributed by atoms with Gasteiger partial charge in [-0.1, -0.05) is 12.1 Å². The van der Waals surface area contributed by atoms with E-state index in [0.717, 1.165) is 33.4 Å². The summed E-state index contributed by atoms with van der Waals surface area (Å²) in [6, 6.07) is 13.4. The number of pyridine rings is 2. The zero-order valence-corrected chi connectivity index (χ0v) is 13.0. The molecule has 5 nitrogen and oxygen atoms in total. The Morgan fingerprint density at radius 2 is 1.80 bits per heavy atom. The monoisotopic (exact) mass is 332 g/mol. The zero-order chi connectivity index (χ0) is 17.4. The number of amides is 1. The van der Waals surface area contributed by atoms with E-state index in [0.29, 0.717) is 0 Å². The summed E-state index contributed by atoms with van der Waals surface area (Å²) in [4.78, 5) is 23.2. The van der Waals surface area contributed by atoms with E-state index in [9.17, 15) is 9.18 Å². The van der Waals surface area contributed by atoms with E-state index >= 15 is 0 Å². The van der Waals surface area contributed by atoms with Crippen LogP contribution in [0.15, 0.2) is 60.9 Å². The van der Waals surface area contributed by atoms with Gasteiger partial charge in [0.15, 0.2) is 0 Å². The SMILES string of the molecule is NC(=O)c1cc(-c2[nH]c3cccnc3c2-c2ccc(F)cc2)ccn1. The number of rotatable bonds is 3. The summed E-state index contributed by atoms with van der Waals surface area (Å²) < 4.78 is 13.3. The van der Waals surface area contributed by atoms with Crippen LogP contribution in [-0.2, 0) is 0 Å². The summed E-state index contributed by atoms with van der Waals surface area (Å²) in [5, 5.41) is 0. The summed E-state index contributed by atoms with van der Waals surface area (Å²) in [6.45, 7) is 0. The molecule has 0 aliphatic rings. The van der Waals surface area contributed by atoms with Gasteiger partial charge in [-0.2, -0.15) is 0 Å². The standard InChI is InChI=1S/C19H13FN4O/c20-13-5-3-11(4-6-13)16-17(24-14-2-1-8-23-18(14)16)12-7-9-22-15(10-12)19(21)25/h1-10,24H,(H2,21,25). The number of aromatic amines is 1. The molecule has 3 aromatic heterocycles. The maximum Gasteiger partial charge on any atom is 0.267 e. The van der Waals surface area contributed by atoms with E-state index in [1.54, 1.807) is 30.5 Å². The van der Waals surface area contributed by atoms with Crippen LogP contribution in [0.4, 0.5) is 4.39 Å². The second-order valence-corrected chi connectivity index (χ2v) is 5.58. The van der Waals surface area contributed by atoms with Crippen LogP contribution in [0.3, 0.4) is 0 Å². The van der Waals surface area contributed by atoms with Crippen molar-refractivity contribution in [3.63, 3.8) is 0 Å². The molecule has 0 saturated heterocycles. The number of hydrogen-bond donors (Lipinski definition) is 2. The number of benzene rings is 1. The van der Waals surface area contributed by atoms with Gasteiger partial charge in [-0.15, -0.1) is 0 Å². The van der Waals surface area contributed by atoms with Crippen molar-refractivity contribution in [3.05, 3.63) is 72.4 Å². The highest BCUT2D eigenvalue weighted by Gasteiger charge is 2.17. The fraction of sp³-hybridized carbons (Fsp3) is 0. The van der Waals surface area contributed by atoms with Gasteiger partial charge in [-0.25, -0.2) is 4.39 Å². The predicted molar refractivity (Wildman–Crippen MR) is 93.2 cm³/mol. The van der Waals surface area contributed by atoms with Gasteiger partial charge >= 0.3 is 0 Å². The molecule has 0 saturated carbocycles. The quantitative estimate of drug-likeness (QED) is 0.602. The van der Waals surface area contributed by atoms with Crippen LogP contribution < -0.4 is 5.73 Å². The molecule has 0 spiro atoms. The Hall–Kier alpha value is -3.54. The highest BCUT2D eigenvalue weighted by Crippen LogP contribution is 2.37. The minimum Gasteiger partial charge on any atom is -0.364 e. The molecule has 3 heterocycles. The lowest BCUT2D eigenvalue weighted by atomic mass is 10.0. The molecule has 6 heteroatoms. The third kappa shape index (κ3) is 2.63. The van der Waals surface area contributed by atoms with Crippen LogP contribution in [-0.4, -0.2) is 20.9 Å². The van der Waals surface area contributed by atoms with Gasteiger partial charge in [0.1, 0.15) is 11.5 Å². The maximum absolute atomic E-state index is 13.3. The van der Waals surface area contributed by atoms with Crippen LogP contribution in [0.1, 0.15) is 10.5 Å². The summed E-state index contributed by atoms with van der Waals surface area (Å²) in [5.41, 5.74) is 10.3.